The van der Waals surface area contributed by atoms with Crippen molar-refractivity contribution in [2.75, 3.05) is 0 Å². The van der Waals surface area contributed by atoms with E-state index in [9.17, 15) is 4.79 Å². The van der Waals surface area contributed by atoms with Crippen LogP contribution >= 0.6 is 0 Å². The highest BCUT2D eigenvalue weighted by molar-refractivity contribution is 5.88. The molecular weight excluding hydrogens is 176 g/mol. The molecule has 0 spiro atoms. The first-order chi connectivity index (χ1) is 6.01. The van der Waals surface area contributed by atoms with E-state index in [0.29, 0.717) is 5.57 Å². The van der Waals surface area contributed by atoms with Crippen molar-refractivity contribution >= 4 is 5.97 Å². The van der Waals surface area contributed by atoms with Crippen molar-refractivity contribution in [3.8, 4) is 0 Å². The van der Waals surface area contributed by atoms with Crippen LogP contribution in [0.3, 0.4) is 0 Å². The molecule has 82 valence electrons. The summed E-state index contributed by atoms with van der Waals surface area (Å²) in [6, 6.07) is 0. The molecular formula is C12H22O2. The molecule has 0 aliphatic carbocycles. The number of carbonyl (C=O) groups excluding carboxylic acids is 1. The number of esters is 1. The topological polar surface area (TPSA) is 26.3 Å². The van der Waals surface area contributed by atoms with Gasteiger partial charge in [0.1, 0.15) is 5.60 Å². The molecule has 0 N–H and O–H groups in total. The quantitative estimate of drug-likeness (QED) is 0.477. The second-order valence-electron chi connectivity index (χ2n) is 5.70. The Kier molecular flexibility index (Phi) is 3.92. The number of hydrogen-bond donors (Lipinski definition) is 0. The zero-order valence-electron chi connectivity index (χ0n) is 10.4. The predicted molar refractivity (Wildman–Crippen MR) is 59.1 cm³/mol. The highest BCUT2D eigenvalue weighted by Crippen LogP contribution is 2.19. The molecule has 0 aromatic carbocycles. The van der Waals surface area contributed by atoms with Crippen molar-refractivity contribution < 1.29 is 9.53 Å². The van der Waals surface area contributed by atoms with Gasteiger partial charge >= 0.3 is 5.97 Å². The molecule has 0 amide bonds. The number of hydrogen-bond acceptors (Lipinski definition) is 2. The minimum Gasteiger partial charge on any atom is -0.457 e. The van der Waals surface area contributed by atoms with Gasteiger partial charge in [0.2, 0.25) is 0 Å². The van der Waals surface area contributed by atoms with Gasteiger partial charge in [-0.05, 0) is 33.1 Å². The molecule has 2 nitrogen and oxygen atoms in total. The van der Waals surface area contributed by atoms with Gasteiger partial charge in [-0.3, -0.25) is 0 Å². The lowest BCUT2D eigenvalue weighted by Gasteiger charge is -2.21. The monoisotopic (exact) mass is 198 g/mol. The van der Waals surface area contributed by atoms with Crippen LogP contribution in [0, 0.1) is 5.41 Å². The van der Waals surface area contributed by atoms with Gasteiger partial charge in [0, 0.05) is 5.57 Å². The third-order valence-corrected chi connectivity index (χ3v) is 1.37. The molecule has 0 saturated carbocycles. The van der Waals surface area contributed by atoms with Crippen LogP contribution in [-0.2, 0) is 9.53 Å². The number of allylic oxidation sites excluding steroid dienone is 1. The fourth-order valence-corrected chi connectivity index (χ4v) is 1.07. The fourth-order valence-electron chi connectivity index (χ4n) is 1.07. The van der Waals surface area contributed by atoms with Gasteiger partial charge in [0.15, 0.2) is 0 Å². The van der Waals surface area contributed by atoms with E-state index in [4.69, 9.17) is 4.74 Å². The van der Waals surface area contributed by atoms with E-state index in [1.165, 1.54) is 0 Å². The van der Waals surface area contributed by atoms with Crippen molar-refractivity contribution in [3.05, 3.63) is 11.6 Å². The summed E-state index contributed by atoms with van der Waals surface area (Å²) in [4.78, 5) is 11.5. The Bertz CT molecular complexity index is 236. The van der Waals surface area contributed by atoms with Crippen molar-refractivity contribution in [2.24, 2.45) is 5.41 Å². The smallest absolute Gasteiger partial charge is 0.333 e. The third-order valence-electron chi connectivity index (χ3n) is 1.37. The summed E-state index contributed by atoms with van der Waals surface area (Å²) >= 11 is 0. The minimum absolute atomic E-state index is 0.0149. The highest BCUT2D eigenvalue weighted by Gasteiger charge is 2.18. The van der Waals surface area contributed by atoms with Crippen LogP contribution in [0.4, 0.5) is 0 Å². The lowest BCUT2D eigenvalue weighted by Crippen LogP contribution is -2.24. The summed E-state index contributed by atoms with van der Waals surface area (Å²) in [5, 5.41) is 0. The molecule has 0 aliphatic rings. The van der Waals surface area contributed by atoms with E-state index in [1.807, 2.05) is 26.8 Å². The van der Waals surface area contributed by atoms with Crippen molar-refractivity contribution in [2.45, 2.75) is 54.1 Å². The second-order valence-corrected chi connectivity index (χ2v) is 5.70. The van der Waals surface area contributed by atoms with Gasteiger partial charge in [-0.25, -0.2) is 4.79 Å². The highest BCUT2D eigenvalue weighted by atomic mass is 16.6. The zero-order chi connectivity index (χ0) is 11.6. The fraction of sp³-hybridized carbons (Fsp3) is 0.750. The minimum atomic E-state index is -0.413. The average molecular weight is 198 g/mol. The van der Waals surface area contributed by atoms with Crippen LogP contribution in [0.25, 0.3) is 0 Å². The first kappa shape index (κ1) is 13.2. The van der Waals surface area contributed by atoms with Crippen LogP contribution in [0.15, 0.2) is 11.6 Å². The molecule has 0 heterocycles. The predicted octanol–water partition coefficient (Wildman–Crippen LogP) is 3.32. The second kappa shape index (κ2) is 4.16. The Balaban J connectivity index is 4.50. The summed E-state index contributed by atoms with van der Waals surface area (Å²) in [5.41, 5.74) is 0.276. The Hall–Kier alpha value is -0.790. The van der Waals surface area contributed by atoms with Crippen LogP contribution in [-0.4, -0.2) is 11.6 Å². The van der Waals surface area contributed by atoms with Crippen LogP contribution in [0.1, 0.15) is 48.5 Å². The third kappa shape index (κ3) is 6.70. The number of rotatable bonds is 1. The Morgan fingerprint density at radius 1 is 1.07 bits per heavy atom. The first-order valence-electron chi connectivity index (χ1n) is 4.94. The lowest BCUT2D eigenvalue weighted by molar-refractivity contribution is -0.149. The maximum atomic E-state index is 11.5. The molecule has 0 aromatic rings. The summed E-state index contributed by atoms with van der Waals surface area (Å²) in [6.07, 6.45) is 1.93. The summed E-state index contributed by atoms with van der Waals surface area (Å²) < 4.78 is 5.24. The summed E-state index contributed by atoms with van der Waals surface area (Å²) in [7, 11) is 0. The van der Waals surface area contributed by atoms with Gasteiger partial charge < -0.3 is 4.74 Å². The van der Waals surface area contributed by atoms with Crippen LogP contribution in [0.2, 0.25) is 0 Å². The van der Waals surface area contributed by atoms with Gasteiger partial charge in [0.05, 0.1) is 0 Å². The van der Waals surface area contributed by atoms with E-state index in [-0.39, 0.29) is 11.4 Å². The SMILES string of the molecule is C/C(=C\C(C)(C)C)C(=O)OC(C)(C)C. The molecule has 14 heavy (non-hydrogen) atoms. The van der Waals surface area contributed by atoms with Crippen molar-refractivity contribution in [1.29, 1.82) is 0 Å². The van der Waals surface area contributed by atoms with Gasteiger partial charge in [0.25, 0.3) is 0 Å². The van der Waals surface area contributed by atoms with Crippen LogP contribution in [0.5, 0.6) is 0 Å². The maximum Gasteiger partial charge on any atom is 0.333 e. The van der Waals surface area contributed by atoms with Crippen LogP contribution < -0.4 is 0 Å². The van der Waals surface area contributed by atoms with Gasteiger partial charge in [-0.2, -0.15) is 0 Å². The van der Waals surface area contributed by atoms with E-state index >= 15 is 0 Å². The summed E-state index contributed by atoms with van der Waals surface area (Å²) in [6.45, 7) is 13.6. The molecule has 2 heteroatoms. The normalized spacial score (nSPS) is 14.1. The van der Waals surface area contributed by atoms with E-state index in [0.717, 1.165) is 0 Å². The average Bonchev–Trinajstić information content (AvgIpc) is 1.78. The first-order valence-corrected chi connectivity index (χ1v) is 4.94. The van der Waals surface area contributed by atoms with Crippen molar-refractivity contribution in [1.82, 2.24) is 0 Å². The van der Waals surface area contributed by atoms with E-state index in [1.54, 1.807) is 6.92 Å². The molecule has 0 unspecified atom stereocenters. The molecule has 0 saturated heterocycles. The molecule has 0 atom stereocenters. The maximum absolute atomic E-state index is 11.5. The Morgan fingerprint density at radius 2 is 1.50 bits per heavy atom. The molecule has 0 radical (unpaired) electrons. The van der Waals surface area contributed by atoms with Gasteiger partial charge in [-0.1, -0.05) is 26.8 Å². The number of ether oxygens (including phenoxy) is 1. The van der Waals surface area contributed by atoms with E-state index in [2.05, 4.69) is 20.8 Å². The standard InChI is InChI=1S/C12H22O2/c1-9(8-11(2,3)4)10(13)14-12(5,6)7/h8H,1-7H3/b9-8+. The number of carbonyl (C=O) groups is 1. The molecule has 0 bridgehead atoms. The summed E-state index contributed by atoms with van der Waals surface area (Å²) in [5.74, 6) is -0.229. The lowest BCUT2D eigenvalue weighted by atomic mass is 9.94. The van der Waals surface area contributed by atoms with E-state index < -0.39 is 5.60 Å². The molecule has 0 aliphatic heterocycles. The Morgan fingerprint density at radius 3 is 1.79 bits per heavy atom. The molecule has 0 aromatic heterocycles. The van der Waals surface area contributed by atoms with Crippen molar-refractivity contribution in [3.63, 3.8) is 0 Å². The largest absolute Gasteiger partial charge is 0.457 e. The molecule has 0 fully saturated rings. The van der Waals surface area contributed by atoms with Gasteiger partial charge in [-0.15, -0.1) is 0 Å². The zero-order valence-corrected chi connectivity index (χ0v) is 10.4. The Labute approximate surface area is 87.3 Å². The molecule has 0 rings (SSSR count).